The molecular weight excluding hydrogens is 240 g/mol. The number of carbonyl (C=O) groups is 1. The van der Waals surface area contributed by atoms with Crippen molar-refractivity contribution in [3.05, 3.63) is 29.6 Å². The molecule has 1 aromatic rings. The van der Waals surface area contributed by atoms with Crippen molar-refractivity contribution >= 4 is 5.78 Å². The Balaban J connectivity index is 2.64. The first-order chi connectivity index (χ1) is 7.79. The molecule has 17 heavy (non-hydrogen) atoms. The van der Waals surface area contributed by atoms with Gasteiger partial charge in [0, 0.05) is 5.56 Å². The number of rotatable bonds is 4. The molecule has 0 atom stereocenters. The van der Waals surface area contributed by atoms with E-state index in [4.69, 9.17) is 0 Å². The minimum Gasteiger partial charge on any atom is -0.490 e. The minimum atomic E-state index is -4.34. The minimum absolute atomic E-state index is 0.144. The van der Waals surface area contributed by atoms with E-state index in [9.17, 15) is 22.4 Å². The van der Waals surface area contributed by atoms with Crippen LogP contribution in [0, 0.1) is 5.82 Å². The quantitative estimate of drug-likeness (QED) is 0.605. The normalized spacial score (nSPS) is 11.4. The SMILES string of the molecule is CC(=O)c1ccc(OCCC(F)(F)F)c(F)c1. The summed E-state index contributed by atoms with van der Waals surface area (Å²) >= 11 is 0. The van der Waals surface area contributed by atoms with Crippen molar-refractivity contribution in [2.24, 2.45) is 0 Å². The van der Waals surface area contributed by atoms with Crippen molar-refractivity contribution in [1.82, 2.24) is 0 Å². The lowest BCUT2D eigenvalue weighted by atomic mass is 10.1. The molecule has 0 N–H and O–H groups in total. The van der Waals surface area contributed by atoms with Crippen LogP contribution in [0.15, 0.2) is 18.2 Å². The standard InChI is InChI=1S/C11H10F4O2/c1-7(16)8-2-3-10(9(12)6-8)17-5-4-11(13,14)15/h2-3,6H,4-5H2,1H3. The molecule has 0 aliphatic carbocycles. The van der Waals surface area contributed by atoms with Gasteiger partial charge in [-0.25, -0.2) is 4.39 Å². The summed E-state index contributed by atoms with van der Waals surface area (Å²) in [4.78, 5) is 10.9. The highest BCUT2D eigenvalue weighted by Crippen LogP contribution is 2.22. The molecular formula is C11H10F4O2. The largest absolute Gasteiger partial charge is 0.490 e. The van der Waals surface area contributed by atoms with Gasteiger partial charge >= 0.3 is 6.18 Å². The number of benzene rings is 1. The van der Waals surface area contributed by atoms with Gasteiger partial charge in [-0.2, -0.15) is 13.2 Å². The Kier molecular flexibility index (Phi) is 4.09. The molecule has 0 unspecified atom stereocenters. The van der Waals surface area contributed by atoms with Gasteiger partial charge in [-0.1, -0.05) is 0 Å². The van der Waals surface area contributed by atoms with E-state index >= 15 is 0 Å². The van der Waals surface area contributed by atoms with E-state index in [1.54, 1.807) is 0 Å². The Labute approximate surface area is 95.2 Å². The van der Waals surface area contributed by atoms with Crippen molar-refractivity contribution in [1.29, 1.82) is 0 Å². The zero-order chi connectivity index (χ0) is 13.1. The molecule has 0 bridgehead atoms. The third-order valence-electron chi connectivity index (χ3n) is 1.98. The van der Waals surface area contributed by atoms with E-state index in [0.29, 0.717) is 0 Å². The van der Waals surface area contributed by atoms with Gasteiger partial charge in [-0.3, -0.25) is 4.79 Å². The first-order valence-electron chi connectivity index (χ1n) is 4.79. The van der Waals surface area contributed by atoms with Gasteiger partial charge in [0.1, 0.15) is 0 Å². The molecule has 0 amide bonds. The summed E-state index contributed by atoms with van der Waals surface area (Å²) in [5.74, 6) is -1.47. The van der Waals surface area contributed by atoms with Gasteiger partial charge in [-0.05, 0) is 25.1 Å². The third-order valence-corrected chi connectivity index (χ3v) is 1.98. The van der Waals surface area contributed by atoms with Crippen LogP contribution in [0.4, 0.5) is 17.6 Å². The van der Waals surface area contributed by atoms with Gasteiger partial charge in [0.25, 0.3) is 0 Å². The molecule has 1 rings (SSSR count). The first kappa shape index (κ1) is 13.5. The van der Waals surface area contributed by atoms with Gasteiger partial charge in [0.05, 0.1) is 13.0 Å². The van der Waals surface area contributed by atoms with Gasteiger partial charge in [-0.15, -0.1) is 0 Å². The van der Waals surface area contributed by atoms with E-state index in [0.717, 1.165) is 12.1 Å². The number of alkyl halides is 3. The second-order valence-corrected chi connectivity index (χ2v) is 3.42. The number of carbonyl (C=O) groups excluding carboxylic acids is 1. The zero-order valence-electron chi connectivity index (χ0n) is 8.97. The summed E-state index contributed by atoms with van der Waals surface area (Å²) in [6, 6.07) is 3.38. The lowest BCUT2D eigenvalue weighted by molar-refractivity contribution is -0.139. The maximum absolute atomic E-state index is 13.3. The highest BCUT2D eigenvalue weighted by atomic mass is 19.4. The monoisotopic (exact) mass is 250 g/mol. The molecule has 6 heteroatoms. The van der Waals surface area contributed by atoms with Crippen LogP contribution >= 0.6 is 0 Å². The molecule has 0 heterocycles. The molecule has 0 aliphatic rings. The van der Waals surface area contributed by atoms with Crippen molar-refractivity contribution < 1.29 is 27.1 Å². The van der Waals surface area contributed by atoms with E-state index in [-0.39, 0.29) is 17.1 Å². The number of hydrogen-bond acceptors (Lipinski definition) is 2. The molecule has 0 spiro atoms. The molecule has 0 aromatic heterocycles. The van der Waals surface area contributed by atoms with Gasteiger partial charge < -0.3 is 4.74 Å². The van der Waals surface area contributed by atoms with Crippen LogP contribution in [0.5, 0.6) is 5.75 Å². The highest BCUT2D eigenvalue weighted by molar-refractivity contribution is 5.94. The maximum Gasteiger partial charge on any atom is 0.392 e. The smallest absolute Gasteiger partial charge is 0.392 e. The number of halogens is 4. The average Bonchev–Trinajstić information content (AvgIpc) is 2.18. The Hall–Kier alpha value is -1.59. The predicted octanol–water partition coefficient (Wildman–Crippen LogP) is 3.36. The molecule has 0 radical (unpaired) electrons. The fraction of sp³-hybridized carbons (Fsp3) is 0.364. The van der Waals surface area contributed by atoms with Crippen LogP contribution in [0.2, 0.25) is 0 Å². The summed E-state index contributed by atoms with van der Waals surface area (Å²) in [7, 11) is 0. The summed E-state index contributed by atoms with van der Waals surface area (Å²) < 4.78 is 53.3. The van der Waals surface area contributed by atoms with Crippen molar-refractivity contribution in [3.8, 4) is 5.75 Å². The summed E-state index contributed by atoms with van der Waals surface area (Å²) in [5, 5.41) is 0. The summed E-state index contributed by atoms with van der Waals surface area (Å²) in [5.41, 5.74) is 0.144. The Morgan fingerprint density at radius 2 is 2.00 bits per heavy atom. The van der Waals surface area contributed by atoms with Crippen molar-refractivity contribution in [2.75, 3.05) is 6.61 Å². The Bertz CT molecular complexity index is 412. The van der Waals surface area contributed by atoms with Crippen LogP contribution in [0.25, 0.3) is 0 Å². The Morgan fingerprint density at radius 1 is 1.35 bits per heavy atom. The van der Waals surface area contributed by atoms with E-state index < -0.39 is 25.0 Å². The van der Waals surface area contributed by atoms with Gasteiger partial charge in [0.15, 0.2) is 17.3 Å². The zero-order valence-corrected chi connectivity index (χ0v) is 8.97. The van der Waals surface area contributed by atoms with Crippen LogP contribution in [0.1, 0.15) is 23.7 Å². The number of ether oxygens (including phenoxy) is 1. The predicted molar refractivity (Wildman–Crippen MR) is 52.6 cm³/mol. The fourth-order valence-electron chi connectivity index (χ4n) is 1.11. The van der Waals surface area contributed by atoms with E-state index in [2.05, 4.69) is 4.74 Å². The molecule has 0 saturated heterocycles. The van der Waals surface area contributed by atoms with Crippen molar-refractivity contribution in [3.63, 3.8) is 0 Å². The molecule has 2 nitrogen and oxygen atoms in total. The van der Waals surface area contributed by atoms with Gasteiger partial charge in [0.2, 0.25) is 0 Å². The van der Waals surface area contributed by atoms with Crippen molar-refractivity contribution in [2.45, 2.75) is 19.5 Å². The third kappa shape index (κ3) is 4.42. The van der Waals surface area contributed by atoms with E-state index in [1.165, 1.54) is 13.0 Å². The first-order valence-corrected chi connectivity index (χ1v) is 4.79. The average molecular weight is 250 g/mol. The molecule has 94 valence electrons. The second-order valence-electron chi connectivity index (χ2n) is 3.42. The second kappa shape index (κ2) is 5.16. The summed E-state index contributed by atoms with van der Waals surface area (Å²) in [6.45, 7) is 0.610. The highest BCUT2D eigenvalue weighted by Gasteiger charge is 2.27. The molecule has 0 aliphatic heterocycles. The lowest BCUT2D eigenvalue weighted by Crippen LogP contribution is -2.13. The number of ketones is 1. The van der Waals surface area contributed by atoms with Crippen LogP contribution < -0.4 is 4.74 Å². The fourth-order valence-corrected chi connectivity index (χ4v) is 1.11. The molecule has 0 saturated carbocycles. The number of Topliss-reactive ketones (excluding diaryl/α,β-unsaturated/α-hetero) is 1. The summed E-state index contributed by atoms with van der Waals surface area (Å²) in [6.07, 6.45) is -5.49. The molecule has 1 aromatic carbocycles. The van der Waals surface area contributed by atoms with Crippen LogP contribution in [-0.4, -0.2) is 18.6 Å². The van der Waals surface area contributed by atoms with E-state index in [1.807, 2.05) is 0 Å². The molecule has 0 fully saturated rings. The van der Waals surface area contributed by atoms with Crippen LogP contribution in [0.3, 0.4) is 0 Å². The number of hydrogen-bond donors (Lipinski definition) is 0. The Morgan fingerprint density at radius 3 is 2.47 bits per heavy atom. The lowest BCUT2D eigenvalue weighted by Gasteiger charge is -2.09. The maximum atomic E-state index is 13.3. The van der Waals surface area contributed by atoms with Crippen LogP contribution in [-0.2, 0) is 0 Å². The topological polar surface area (TPSA) is 26.3 Å².